The molecule has 0 saturated heterocycles. The Hall–Kier alpha value is -0.470. The van der Waals surface area contributed by atoms with Crippen molar-refractivity contribution in [3.63, 3.8) is 0 Å². The number of hydrogen-bond acceptors (Lipinski definition) is 2. The summed E-state index contributed by atoms with van der Waals surface area (Å²) in [6, 6.07) is 10.7. The molecule has 1 rings (SSSR count). The molecule has 1 N–H and O–H groups in total. The van der Waals surface area contributed by atoms with Crippen molar-refractivity contribution in [3.8, 4) is 0 Å². The normalized spacial score (nSPS) is 13.7. The summed E-state index contributed by atoms with van der Waals surface area (Å²) < 4.78 is 0. The molecule has 0 radical (unpaired) electrons. The van der Waals surface area contributed by atoms with Crippen molar-refractivity contribution in [2.24, 2.45) is 11.8 Å². The van der Waals surface area contributed by atoms with Gasteiger partial charge in [-0.3, -0.25) is 0 Å². The lowest BCUT2D eigenvalue weighted by atomic mass is 9.94. The monoisotopic (exact) mass is 293 g/mol. The molecule has 1 unspecified atom stereocenters. The molecule has 1 aromatic rings. The maximum Gasteiger partial charge on any atom is 0.00966 e. The van der Waals surface area contributed by atoms with Crippen LogP contribution in [0.1, 0.15) is 47.5 Å². The zero-order valence-electron chi connectivity index (χ0n) is 13.8. The Balaban J connectivity index is 2.36. The third kappa shape index (κ3) is 8.65. The predicted molar refractivity (Wildman–Crippen MR) is 92.5 cm³/mol. The van der Waals surface area contributed by atoms with Crippen LogP contribution in [-0.2, 0) is 0 Å². The van der Waals surface area contributed by atoms with Gasteiger partial charge in [-0.2, -0.15) is 0 Å². The summed E-state index contributed by atoms with van der Waals surface area (Å²) in [6.45, 7) is 12.5. The van der Waals surface area contributed by atoms with E-state index in [1.165, 1.54) is 23.5 Å². The van der Waals surface area contributed by atoms with Crippen LogP contribution in [0.15, 0.2) is 35.2 Å². The summed E-state index contributed by atoms with van der Waals surface area (Å²) in [7, 11) is 0. The molecule has 0 spiro atoms. The van der Waals surface area contributed by atoms with Gasteiger partial charge >= 0.3 is 0 Å². The van der Waals surface area contributed by atoms with E-state index in [1.54, 1.807) is 0 Å². The van der Waals surface area contributed by atoms with Crippen LogP contribution in [0, 0.1) is 11.8 Å². The highest BCUT2D eigenvalue weighted by Gasteiger charge is 2.15. The van der Waals surface area contributed by atoms with Crippen LogP contribution in [0.4, 0.5) is 0 Å². The van der Waals surface area contributed by atoms with Gasteiger partial charge in [0.05, 0.1) is 0 Å². The Kier molecular flexibility index (Phi) is 7.68. The Morgan fingerprint density at radius 3 is 2.30 bits per heavy atom. The van der Waals surface area contributed by atoms with E-state index in [-0.39, 0.29) is 5.54 Å². The second-order valence-corrected chi connectivity index (χ2v) is 8.24. The molecule has 114 valence electrons. The van der Waals surface area contributed by atoms with Crippen LogP contribution in [0.5, 0.6) is 0 Å². The van der Waals surface area contributed by atoms with Gasteiger partial charge in [-0.15, -0.1) is 11.8 Å². The van der Waals surface area contributed by atoms with Crippen LogP contribution >= 0.6 is 11.8 Å². The largest absolute Gasteiger partial charge is 0.312 e. The fourth-order valence-corrected chi connectivity index (χ4v) is 3.32. The first kappa shape index (κ1) is 17.6. The van der Waals surface area contributed by atoms with Gasteiger partial charge in [0.1, 0.15) is 0 Å². The first-order chi connectivity index (χ1) is 9.37. The number of rotatable bonds is 8. The third-order valence-electron chi connectivity index (χ3n) is 3.26. The summed E-state index contributed by atoms with van der Waals surface area (Å²) in [5, 5.41) is 3.67. The second kappa shape index (κ2) is 8.74. The maximum absolute atomic E-state index is 3.67. The smallest absolute Gasteiger partial charge is 0.00966 e. The van der Waals surface area contributed by atoms with Gasteiger partial charge in [-0.25, -0.2) is 0 Å². The molecular formula is C18H31NS. The van der Waals surface area contributed by atoms with E-state index < -0.39 is 0 Å². The fourth-order valence-electron chi connectivity index (χ4n) is 2.28. The Morgan fingerprint density at radius 1 is 1.10 bits per heavy atom. The third-order valence-corrected chi connectivity index (χ3v) is 4.31. The minimum Gasteiger partial charge on any atom is -0.312 e. The quantitative estimate of drug-likeness (QED) is 0.660. The molecule has 20 heavy (non-hydrogen) atoms. The van der Waals surface area contributed by atoms with Crippen molar-refractivity contribution in [2.75, 3.05) is 12.3 Å². The minimum atomic E-state index is 0.224. The predicted octanol–water partition coefficient (Wildman–Crippen LogP) is 5.22. The number of benzene rings is 1. The van der Waals surface area contributed by atoms with Crippen LogP contribution in [0.3, 0.4) is 0 Å². The summed E-state index contributed by atoms with van der Waals surface area (Å²) in [4.78, 5) is 1.39. The Morgan fingerprint density at radius 2 is 1.75 bits per heavy atom. The highest BCUT2D eigenvalue weighted by Crippen LogP contribution is 2.23. The van der Waals surface area contributed by atoms with Gasteiger partial charge < -0.3 is 5.32 Å². The average molecular weight is 294 g/mol. The summed E-state index contributed by atoms with van der Waals surface area (Å²) in [5.74, 6) is 2.78. The molecule has 1 nitrogen and oxygen atoms in total. The fraction of sp³-hybridized carbons (Fsp3) is 0.667. The molecule has 1 atom stereocenters. The molecule has 0 heterocycles. The van der Waals surface area contributed by atoms with Crippen molar-refractivity contribution >= 4 is 11.8 Å². The van der Waals surface area contributed by atoms with E-state index in [0.717, 1.165) is 18.4 Å². The van der Waals surface area contributed by atoms with Gasteiger partial charge in [-0.05, 0) is 69.9 Å². The van der Waals surface area contributed by atoms with Crippen molar-refractivity contribution in [1.82, 2.24) is 5.32 Å². The number of nitrogens with one attached hydrogen (secondary N) is 1. The first-order valence-corrected chi connectivity index (χ1v) is 8.78. The topological polar surface area (TPSA) is 12.0 Å². The van der Waals surface area contributed by atoms with Crippen LogP contribution in [-0.4, -0.2) is 17.8 Å². The molecule has 0 aliphatic heterocycles. The average Bonchev–Trinajstić information content (AvgIpc) is 2.35. The van der Waals surface area contributed by atoms with Gasteiger partial charge in [0.2, 0.25) is 0 Å². The minimum absolute atomic E-state index is 0.224. The van der Waals surface area contributed by atoms with E-state index in [2.05, 4.69) is 70.3 Å². The van der Waals surface area contributed by atoms with Crippen molar-refractivity contribution in [1.29, 1.82) is 0 Å². The molecule has 0 amide bonds. The second-order valence-electron chi connectivity index (χ2n) is 7.08. The Labute approximate surface area is 129 Å². The van der Waals surface area contributed by atoms with E-state index in [9.17, 15) is 0 Å². The van der Waals surface area contributed by atoms with Crippen molar-refractivity contribution < 1.29 is 0 Å². The lowest BCUT2D eigenvalue weighted by molar-refractivity contribution is 0.328. The lowest BCUT2D eigenvalue weighted by Crippen LogP contribution is -2.39. The zero-order chi connectivity index (χ0) is 15.0. The zero-order valence-corrected chi connectivity index (χ0v) is 14.6. The Bertz CT molecular complexity index is 353. The summed E-state index contributed by atoms with van der Waals surface area (Å²) >= 11 is 1.98. The highest BCUT2D eigenvalue weighted by molar-refractivity contribution is 7.99. The lowest BCUT2D eigenvalue weighted by Gasteiger charge is -2.26. The molecular weight excluding hydrogens is 262 g/mol. The summed E-state index contributed by atoms with van der Waals surface area (Å²) in [6.07, 6.45) is 2.61. The molecule has 0 aromatic heterocycles. The van der Waals surface area contributed by atoms with E-state index in [1.807, 2.05) is 11.8 Å². The molecule has 0 bridgehead atoms. The van der Waals surface area contributed by atoms with Gasteiger partial charge in [0, 0.05) is 10.4 Å². The van der Waals surface area contributed by atoms with Gasteiger partial charge in [0.25, 0.3) is 0 Å². The molecule has 1 aromatic carbocycles. The molecule has 0 fully saturated rings. The molecule has 0 aliphatic rings. The van der Waals surface area contributed by atoms with E-state index in [0.29, 0.717) is 0 Å². The maximum atomic E-state index is 3.67. The van der Waals surface area contributed by atoms with Crippen molar-refractivity contribution in [3.05, 3.63) is 30.3 Å². The molecule has 0 saturated carbocycles. The van der Waals surface area contributed by atoms with Crippen LogP contribution in [0.25, 0.3) is 0 Å². The number of thioether (sulfide) groups is 1. The van der Waals surface area contributed by atoms with Gasteiger partial charge in [-0.1, -0.05) is 32.0 Å². The van der Waals surface area contributed by atoms with E-state index in [4.69, 9.17) is 0 Å². The van der Waals surface area contributed by atoms with Crippen LogP contribution in [0.2, 0.25) is 0 Å². The van der Waals surface area contributed by atoms with Crippen molar-refractivity contribution in [2.45, 2.75) is 57.9 Å². The molecule has 0 aliphatic carbocycles. The number of hydrogen-bond donors (Lipinski definition) is 1. The highest BCUT2D eigenvalue weighted by atomic mass is 32.2. The van der Waals surface area contributed by atoms with E-state index >= 15 is 0 Å². The standard InChI is InChI=1S/C18H31NS/c1-15(2)13-16(14-19-18(3,4)5)11-12-20-17-9-7-6-8-10-17/h6-10,15-16,19H,11-14H2,1-5H3. The van der Waals surface area contributed by atoms with Crippen LogP contribution < -0.4 is 5.32 Å². The summed E-state index contributed by atoms with van der Waals surface area (Å²) in [5.41, 5.74) is 0.224. The molecule has 2 heteroatoms. The van der Waals surface area contributed by atoms with Gasteiger partial charge in [0.15, 0.2) is 0 Å². The SMILES string of the molecule is CC(C)CC(CCSc1ccccc1)CNC(C)(C)C. The first-order valence-electron chi connectivity index (χ1n) is 7.79.